The molecule has 0 saturated carbocycles. The summed E-state index contributed by atoms with van der Waals surface area (Å²) in [5.41, 5.74) is 3.53. The van der Waals surface area contributed by atoms with Crippen molar-refractivity contribution in [1.29, 1.82) is 0 Å². The normalized spacial score (nSPS) is 14.1. The van der Waals surface area contributed by atoms with Gasteiger partial charge in [0.2, 0.25) is 0 Å². The van der Waals surface area contributed by atoms with E-state index >= 15 is 0 Å². The lowest BCUT2D eigenvalue weighted by Gasteiger charge is -2.21. The van der Waals surface area contributed by atoms with E-state index < -0.39 is 0 Å². The zero-order chi connectivity index (χ0) is 15.2. The molecule has 0 saturated heterocycles. The van der Waals surface area contributed by atoms with Crippen LogP contribution in [0.5, 0.6) is 0 Å². The van der Waals surface area contributed by atoms with Crippen molar-refractivity contribution in [3.05, 3.63) is 71.3 Å². The van der Waals surface area contributed by atoms with Gasteiger partial charge in [0.15, 0.2) is 0 Å². The summed E-state index contributed by atoms with van der Waals surface area (Å²) in [6.45, 7) is 4.34. The lowest BCUT2D eigenvalue weighted by Crippen LogP contribution is -2.09. The van der Waals surface area contributed by atoms with E-state index in [0.717, 1.165) is 5.56 Å². The van der Waals surface area contributed by atoms with E-state index in [1.807, 2.05) is 18.2 Å². The Morgan fingerprint density at radius 3 is 1.67 bits per heavy atom. The van der Waals surface area contributed by atoms with Gasteiger partial charge in [-0.25, -0.2) is 0 Å². The Morgan fingerprint density at radius 1 is 0.667 bits per heavy atom. The average molecular weight is 284 g/mol. The third-order valence-electron chi connectivity index (χ3n) is 3.77. The lowest BCUT2D eigenvalue weighted by atomic mass is 9.95. The van der Waals surface area contributed by atoms with Crippen LogP contribution in [0.1, 0.15) is 42.7 Å². The van der Waals surface area contributed by atoms with Gasteiger partial charge in [-0.1, -0.05) is 68.4 Å². The fourth-order valence-electron chi connectivity index (χ4n) is 2.75. The van der Waals surface area contributed by atoms with Gasteiger partial charge in [-0.15, -0.1) is 0 Å². The Kier molecular flexibility index (Phi) is 5.54. The molecule has 0 fully saturated rings. The SMILES string of the molecule is COC(c1ccccc1)c1ccc(C(OC)C(C)C)cc1. The van der Waals surface area contributed by atoms with Crippen molar-refractivity contribution < 1.29 is 9.47 Å². The summed E-state index contributed by atoms with van der Waals surface area (Å²) in [5.74, 6) is 0.452. The minimum atomic E-state index is -0.0275. The van der Waals surface area contributed by atoms with Gasteiger partial charge in [-0.2, -0.15) is 0 Å². The molecule has 0 radical (unpaired) electrons. The number of methoxy groups -OCH3 is 2. The van der Waals surface area contributed by atoms with Gasteiger partial charge < -0.3 is 9.47 Å². The molecule has 0 aliphatic rings. The summed E-state index contributed by atoms with van der Waals surface area (Å²) < 4.78 is 11.2. The van der Waals surface area contributed by atoms with Crippen molar-refractivity contribution >= 4 is 0 Å². The first kappa shape index (κ1) is 15.7. The molecular formula is C19H24O2. The van der Waals surface area contributed by atoms with Crippen molar-refractivity contribution in [1.82, 2.24) is 0 Å². The van der Waals surface area contributed by atoms with Crippen LogP contribution < -0.4 is 0 Å². The molecule has 0 spiro atoms. The molecule has 21 heavy (non-hydrogen) atoms. The summed E-state index contributed by atoms with van der Waals surface area (Å²) in [6.07, 6.45) is 0.108. The Labute approximate surface area is 127 Å². The molecule has 0 amide bonds. The van der Waals surface area contributed by atoms with Crippen LogP contribution in [0, 0.1) is 5.92 Å². The fraction of sp³-hybridized carbons (Fsp3) is 0.368. The van der Waals surface area contributed by atoms with Crippen LogP contribution in [0.4, 0.5) is 0 Å². The van der Waals surface area contributed by atoms with Crippen molar-refractivity contribution in [3.63, 3.8) is 0 Å². The monoisotopic (exact) mass is 284 g/mol. The molecule has 2 rings (SSSR count). The first-order valence-corrected chi connectivity index (χ1v) is 7.37. The van der Waals surface area contributed by atoms with Crippen molar-refractivity contribution in [2.24, 2.45) is 5.92 Å². The highest BCUT2D eigenvalue weighted by atomic mass is 16.5. The van der Waals surface area contributed by atoms with Crippen LogP contribution in [-0.2, 0) is 9.47 Å². The summed E-state index contributed by atoms with van der Waals surface area (Å²) in [6, 6.07) is 18.8. The summed E-state index contributed by atoms with van der Waals surface area (Å²) in [4.78, 5) is 0. The highest BCUT2D eigenvalue weighted by molar-refractivity contribution is 5.33. The average Bonchev–Trinajstić information content (AvgIpc) is 2.51. The topological polar surface area (TPSA) is 18.5 Å². The van der Waals surface area contributed by atoms with E-state index in [4.69, 9.17) is 9.47 Å². The molecule has 112 valence electrons. The molecule has 0 aromatic heterocycles. The summed E-state index contributed by atoms with van der Waals surface area (Å²) >= 11 is 0. The summed E-state index contributed by atoms with van der Waals surface area (Å²) in [5, 5.41) is 0. The van der Waals surface area contributed by atoms with E-state index in [1.54, 1.807) is 14.2 Å². The van der Waals surface area contributed by atoms with Crippen LogP contribution in [-0.4, -0.2) is 14.2 Å². The van der Waals surface area contributed by atoms with Crippen LogP contribution in [0.2, 0.25) is 0 Å². The predicted octanol–water partition coefficient (Wildman–Crippen LogP) is 4.77. The standard InChI is InChI=1S/C19H24O2/c1-14(2)18(20-3)16-10-12-17(13-11-16)19(21-4)15-8-6-5-7-9-15/h5-14,18-19H,1-4H3. The third kappa shape index (κ3) is 3.72. The molecule has 0 aliphatic heterocycles. The Bertz CT molecular complexity index is 531. The Morgan fingerprint density at radius 2 is 1.19 bits per heavy atom. The molecule has 2 aromatic rings. The van der Waals surface area contributed by atoms with Gasteiger partial charge in [-0.3, -0.25) is 0 Å². The van der Waals surface area contributed by atoms with Crippen molar-refractivity contribution in [2.75, 3.05) is 14.2 Å². The second-order valence-corrected chi connectivity index (χ2v) is 5.59. The third-order valence-corrected chi connectivity index (χ3v) is 3.77. The van der Waals surface area contributed by atoms with Gasteiger partial charge in [-0.05, 0) is 22.6 Å². The van der Waals surface area contributed by atoms with E-state index in [1.165, 1.54) is 11.1 Å². The highest BCUT2D eigenvalue weighted by Gasteiger charge is 2.17. The van der Waals surface area contributed by atoms with E-state index in [2.05, 4.69) is 50.2 Å². The molecule has 2 aromatic carbocycles. The molecule has 2 atom stereocenters. The molecule has 2 unspecified atom stereocenters. The number of ether oxygens (including phenoxy) is 2. The first-order chi connectivity index (χ1) is 10.2. The van der Waals surface area contributed by atoms with E-state index in [9.17, 15) is 0 Å². The zero-order valence-electron chi connectivity index (χ0n) is 13.2. The minimum absolute atomic E-state index is 0.0275. The van der Waals surface area contributed by atoms with Gasteiger partial charge in [0.1, 0.15) is 6.10 Å². The quantitative estimate of drug-likeness (QED) is 0.761. The second-order valence-electron chi connectivity index (χ2n) is 5.59. The predicted molar refractivity (Wildman–Crippen MR) is 86.3 cm³/mol. The molecular weight excluding hydrogens is 260 g/mol. The Hall–Kier alpha value is -1.64. The van der Waals surface area contributed by atoms with Gasteiger partial charge in [0.25, 0.3) is 0 Å². The maximum absolute atomic E-state index is 5.67. The van der Waals surface area contributed by atoms with Crippen LogP contribution >= 0.6 is 0 Å². The molecule has 2 nitrogen and oxygen atoms in total. The van der Waals surface area contributed by atoms with Gasteiger partial charge in [0, 0.05) is 14.2 Å². The molecule has 0 aliphatic carbocycles. The second kappa shape index (κ2) is 7.39. The number of rotatable bonds is 6. The largest absolute Gasteiger partial charge is 0.376 e. The molecule has 2 heteroatoms. The van der Waals surface area contributed by atoms with Crippen LogP contribution in [0.15, 0.2) is 54.6 Å². The summed E-state index contributed by atoms with van der Waals surface area (Å²) in [7, 11) is 3.51. The first-order valence-electron chi connectivity index (χ1n) is 7.37. The fourth-order valence-corrected chi connectivity index (χ4v) is 2.75. The zero-order valence-corrected chi connectivity index (χ0v) is 13.2. The van der Waals surface area contributed by atoms with Crippen molar-refractivity contribution in [3.8, 4) is 0 Å². The van der Waals surface area contributed by atoms with E-state index in [0.29, 0.717) is 5.92 Å². The number of hydrogen-bond acceptors (Lipinski definition) is 2. The van der Waals surface area contributed by atoms with Crippen molar-refractivity contribution in [2.45, 2.75) is 26.1 Å². The minimum Gasteiger partial charge on any atom is -0.376 e. The maximum atomic E-state index is 5.67. The molecule has 0 heterocycles. The van der Waals surface area contributed by atoms with Crippen LogP contribution in [0.25, 0.3) is 0 Å². The maximum Gasteiger partial charge on any atom is 0.107 e. The van der Waals surface area contributed by atoms with E-state index in [-0.39, 0.29) is 12.2 Å². The lowest BCUT2D eigenvalue weighted by molar-refractivity contribution is 0.0645. The number of benzene rings is 2. The molecule has 0 N–H and O–H groups in total. The van der Waals surface area contributed by atoms with Gasteiger partial charge in [0.05, 0.1) is 6.10 Å². The highest BCUT2D eigenvalue weighted by Crippen LogP contribution is 2.29. The smallest absolute Gasteiger partial charge is 0.107 e. The van der Waals surface area contributed by atoms with Crippen LogP contribution in [0.3, 0.4) is 0 Å². The Balaban J connectivity index is 2.25. The molecule has 0 bridgehead atoms. The number of hydrogen-bond donors (Lipinski definition) is 0. The van der Waals surface area contributed by atoms with Gasteiger partial charge >= 0.3 is 0 Å².